The van der Waals surface area contributed by atoms with Gasteiger partial charge in [-0.1, -0.05) is 13.8 Å². The van der Waals surface area contributed by atoms with Gasteiger partial charge in [-0.2, -0.15) is 0 Å². The minimum absolute atomic E-state index is 0.130. The molecule has 1 aromatic heterocycles. The van der Waals surface area contributed by atoms with E-state index >= 15 is 0 Å². The lowest BCUT2D eigenvalue weighted by atomic mass is 10.0. The average Bonchev–Trinajstić information content (AvgIpc) is 2.34. The number of carbonyl (C=O) groups excluding carboxylic acids is 1. The lowest BCUT2D eigenvalue weighted by molar-refractivity contribution is -0.131. The van der Waals surface area contributed by atoms with Gasteiger partial charge in [0.2, 0.25) is 5.91 Å². The average molecular weight is 263 g/mol. The molecule has 0 aliphatic rings. The quantitative estimate of drug-likeness (QED) is 0.853. The molecule has 0 bridgehead atoms. The molecule has 0 aliphatic carbocycles. The zero-order chi connectivity index (χ0) is 14.4. The summed E-state index contributed by atoms with van der Waals surface area (Å²) in [5, 5.41) is 3.36. The fourth-order valence-electron chi connectivity index (χ4n) is 1.97. The molecule has 0 aliphatic heterocycles. The number of hydrogen-bond donors (Lipinski definition) is 1. The van der Waals surface area contributed by atoms with Crippen molar-refractivity contribution >= 4 is 5.91 Å². The van der Waals surface area contributed by atoms with Gasteiger partial charge >= 0.3 is 0 Å². The van der Waals surface area contributed by atoms with E-state index in [1.807, 2.05) is 12.3 Å². The van der Waals surface area contributed by atoms with Crippen LogP contribution in [0.4, 0.5) is 0 Å². The number of likely N-dealkylation sites (N-methyl/N-ethyl adjacent to an activating group) is 1. The van der Waals surface area contributed by atoms with Gasteiger partial charge in [-0.15, -0.1) is 0 Å². The van der Waals surface area contributed by atoms with Crippen LogP contribution in [-0.4, -0.2) is 35.9 Å². The van der Waals surface area contributed by atoms with Gasteiger partial charge < -0.3 is 10.2 Å². The second kappa shape index (κ2) is 7.24. The number of carbonyl (C=O) groups is 1. The molecular weight excluding hydrogens is 238 g/mol. The molecule has 0 aromatic carbocycles. The summed E-state index contributed by atoms with van der Waals surface area (Å²) < 4.78 is 0. The van der Waals surface area contributed by atoms with E-state index in [1.54, 1.807) is 25.2 Å². The number of nitrogens with zero attached hydrogens (tertiary/aromatic N) is 2. The molecule has 1 rings (SSSR count). The van der Waals surface area contributed by atoms with Crippen molar-refractivity contribution in [1.29, 1.82) is 0 Å². The van der Waals surface area contributed by atoms with E-state index < -0.39 is 0 Å². The lowest BCUT2D eigenvalue weighted by Crippen LogP contribution is -2.44. The molecule has 1 N–H and O–H groups in total. The summed E-state index contributed by atoms with van der Waals surface area (Å²) >= 11 is 0. The van der Waals surface area contributed by atoms with Crippen LogP contribution in [0.5, 0.6) is 0 Å². The number of aromatic nitrogens is 1. The monoisotopic (exact) mass is 263 g/mol. The largest absolute Gasteiger partial charge is 0.347 e. The Morgan fingerprint density at radius 2 is 2.11 bits per heavy atom. The predicted molar refractivity (Wildman–Crippen MR) is 77.8 cm³/mol. The molecule has 0 radical (unpaired) electrons. The van der Waals surface area contributed by atoms with Crippen molar-refractivity contribution in [1.82, 2.24) is 15.2 Å². The molecule has 0 saturated heterocycles. The third kappa shape index (κ3) is 4.99. The molecule has 1 aromatic rings. The van der Waals surface area contributed by atoms with E-state index in [1.165, 1.54) is 5.56 Å². The second-order valence-electron chi connectivity index (χ2n) is 5.60. The molecule has 0 saturated carbocycles. The smallest absolute Gasteiger partial charge is 0.239 e. The molecule has 4 nitrogen and oxygen atoms in total. The Kier molecular flexibility index (Phi) is 5.96. The normalized spacial score (nSPS) is 12.5. The Morgan fingerprint density at radius 3 is 2.63 bits per heavy atom. The lowest BCUT2D eigenvalue weighted by Gasteiger charge is -2.23. The topological polar surface area (TPSA) is 45.2 Å². The zero-order valence-corrected chi connectivity index (χ0v) is 12.6. The van der Waals surface area contributed by atoms with Crippen LogP contribution < -0.4 is 5.32 Å². The van der Waals surface area contributed by atoms with Crippen molar-refractivity contribution < 1.29 is 4.79 Å². The van der Waals surface area contributed by atoms with Crippen LogP contribution in [-0.2, 0) is 11.3 Å². The number of hydrogen-bond acceptors (Lipinski definition) is 3. The molecule has 106 valence electrons. The second-order valence-corrected chi connectivity index (χ2v) is 5.60. The van der Waals surface area contributed by atoms with E-state index in [0.717, 1.165) is 12.0 Å². The SMILES string of the molecule is Cc1ccncc1CNC(CC(C)C)C(=O)N(C)C. The first-order valence-electron chi connectivity index (χ1n) is 6.75. The van der Waals surface area contributed by atoms with E-state index in [-0.39, 0.29) is 11.9 Å². The Hall–Kier alpha value is -1.42. The Morgan fingerprint density at radius 1 is 1.42 bits per heavy atom. The first-order chi connectivity index (χ1) is 8.91. The van der Waals surface area contributed by atoms with Crippen molar-refractivity contribution in [3.8, 4) is 0 Å². The highest BCUT2D eigenvalue weighted by Gasteiger charge is 2.20. The maximum Gasteiger partial charge on any atom is 0.239 e. The van der Waals surface area contributed by atoms with E-state index in [4.69, 9.17) is 0 Å². The van der Waals surface area contributed by atoms with Crippen LogP contribution in [0.1, 0.15) is 31.4 Å². The van der Waals surface area contributed by atoms with Gasteiger partial charge in [0.25, 0.3) is 0 Å². The number of amides is 1. The summed E-state index contributed by atoms with van der Waals surface area (Å²) in [6.07, 6.45) is 4.49. The van der Waals surface area contributed by atoms with Crippen molar-refractivity contribution in [2.75, 3.05) is 14.1 Å². The minimum Gasteiger partial charge on any atom is -0.347 e. The molecule has 1 heterocycles. The predicted octanol–water partition coefficient (Wildman–Crippen LogP) is 1.98. The Balaban J connectivity index is 2.68. The zero-order valence-electron chi connectivity index (χ0n) is 12.6. The van der Waals surface area contributed by atoms with Crippen LogP contribution in [0.3, 0.4) is 0 Å². The van der Waals surface area contributed by atoms with Crippen LogP contribution in [0.2, 0.25) is 0 Å². The molecular formula is C15H25N3O. The Bertz CT molecular complexity index is 416. The van der Waals surface area contributed by atoms with Gasteiger partial charge in [0, 0.05) is 33.0 Å². The van der Waals surface area contributed by atoms with Crippen molar-refractivity contribution in [3.05, 3.63) is 29.6 Å². The number of nitrogens with one attached hydrogen (secondary N) is 1. The van der Waals surface area contributed by atoms with E-state index in [9.17, 15) is 4.79 Å². The third-order valence-corrected chi connectivity index (χ3v) is 3.13. The van der Waals surface area contributed by atoms with Crippen LogP contribution in [0.15, 0.2) is 18.5 Å². The third-order valence-electron chi connectivity index (χ3n) is 3.13. The van der Waals surface area contributed by atoms with Crippen LogP contribution in [0, 0.1) is 12.8 Å². The summed E-state index contributed by atoms with van der Waals surface area (Å²) in [5.41, 5.74) is 2.34. The first-order valence-corrected chi connectivity index (χ1v) is 6.75. The molecule has 1 amide bonds. The maximum absolute atomic E-state index is 12.1. The first kappa shape index (κ1) is 15.6. The molecule has 0 fully saturated rings. The number of rotatable bonds is 6. The van der Waals surface area contributed by atoms with Crippen molar-refractivity contribution in [2.24, 2.45) is 5.92 Å². The van der Waals surface area contributed by atoms with Gasteiger partial charge in [-0.25, -0.2) is 0 Å². The van der Waals surface area contributed by atoms with Crippen molar-refractivity contribution in [3.63, 3.8) is 0 Å². The molecule has 19 heavy (non-hydrogen) atoms. The summed E-state index contributed by atoms with van der Waals surface area (Å²) in [6.45, 7) is 7.00. The van der Waals surface area contributed by atoms with Gasteiger partial charge in [-0.3, -0.25) is 9.78 Å². The fraction of sp³-hybridized carbons (Fsp3) is 0.600. The summed E-state index contributed by atoms with van der Waals surface area (Å²) in [4.78, 5) is 17.9. The van der Waals surface area contributed by atoms with Crippen LogP contribution in [0.25, 0.3) is 0 Å². The van der Waals surface area contributed by atoms with Gasteiger partial charge in [0.05, 0.1) is 6.04 Å². The van der Waals surface area contributed by atoms with Gasteiger partial charge in [0.1, 0.15) is 0 Å². The highest BCUT2D eigenvalue weighted by atomic mass is 16.2. The van der Waals surface area contributed by atoms with E-state index in [0.29, 0.717) is 12.5 Å². The fourth-order valence-corrected chi connectivity index (χ4v) is 1.97. The standard InChI is InChI=1S/C15H25N3O/c1-11(2)8-14(15(19)18(4)5)17-10-13-9-16-7-6-12(13)3/h6-7,9,11,14,17H,8,10H2,1-5H3. The minimum atomic E-state index is -0.130. The summed E-state index contributed by atoms with van der Waals surface area (Å²) in [6, 6.07) is 1.86. The number of aryl methyl sites for hydroxylation is 1. The van der Waals surface area contributed by atoms with Gasteiger partial charge in [-0.05, 0) is 36.5 Å². The highest BCUT2D eigenvalue weighted by molar-refractivity contribution is 5.81. The van der Waals surface area contributed by atoms with E-state index in [2.05, 4.69) is 31.1 Å². The summed E-state index contributed by atoms with van der Waals surface area (Å²) in [7, 11) is 3.60. The van der Waals surface area contributed by atoms with Crippen LogP contribution >= 0.6 is 0 Å². The van der Waals surface area contributed by atoms with Crippen molar-refractivity contribution in [2.45, 2.75) is 39.8 Å². The molecule has 0 spiro atoms. The molecule has 1 unspecified atom stereocenters. The molecule has 4 heteroatoms. The number of pyridine rings is 1. The Labute approximate surface area is 116 Å². The maximum atomic E-state index is 12.1. The summed E-state index contributed by atoms with van der Waals surface area (Å²) in [5.74, 6) is 0.617. The van der Waals surface area contributed by atoms with Gasteiger partial charge in [0.15, 0.2) is 0 Å². The molecule has 1 atom stereocenters. The highest BCUT2D eigenvalue weighted by Crippen LogP contribution is 2.10.